The van der Waals surface area contributed by atoms with Crippen LogP contribution >= 0.6 is 0 Å². The molecule has 1 aromatic carbocycles. The second-order valence-electron chi connectivity index (χ2n) is 6.23. The molecule has 0 saturated carbocycles. The topological polar surface area (TPSA) is 12.9 Å². The third-order valence-electron chi connectivity index (χ3n) is 3.76. The highest BCUT2D eigenvalue weighted by Gasteiger charge is 2.28. The molecule has 0 unspecified atom stereocenters. The van der Waals surface area contributed by atoms with Crippen LogP contribution in [-0.2, 0) is 11.8 Å². The van der Waals surface area contributed by atoms with Gasteiger partial charge in [0.15, 0.2) is 0 Å². The minimum atomic E-state index is 0.161. The quantitative estimate of drug-likeness (QED) is 0.569. The molecule has 0 N–H and O–H groups in total. The Labute approximate surface area is 109 Å². The fourth-order valence-electron chi connectivity index (χ4n) is 3.15. The van der Waals surface area contributed by atoms with Gasteiger partial charge in [0, 0.05) is 18.2 Å². The molecule has 0 bridgehead atoms. The predicted molar refractivity (Wildman–Crippen MR) is 75.9 cm³/mol. The van der Waals surface area contributed by atoms with Gasteiger partial charge >= 0.3 is 0 Å². The van der Waals surface area contributed by atoms with Gasteiger partial charge in [-0.25, -0.2) is 0 Å². The molecule has 1 nitrogen and oxygen atoms in total. The van der Waals surface area contributed by atoms with Gasteiger partial charge in [-0.15, -0.1) is 0 Å². The molecule has 1 heteroatoms. The van der Waals surface area contributed by atoms with Crippen molar-refractivity contribution in [3.05, 3.63) is 52.7 Å². The second kappa shape index (κ2) is 3.68. The van der Waals surface area contributed by atoms with E-state index >= 15 is 0 Å². The first-order valence-electron chi connectivity index (χ1n) is 6.55. The van der Waals surface area contributed by atoms with E-state index < -0.39 is 0 Å². The summed E-state index contributed by atoms with van der Waals surface area (Å²) in [5.41, 5.74) is 8.37. The maximum atomic E-state index is 4.62. The third-order valence-corrected chi connectivity index (χ3v) is 3.76. The lowest BCUT2D eigenvalue weighted by atomic mass is 9.79. The van der Waals surface area contributed by atoms with E-state index in [1.165, 1.54) is 33.5 Å². The Hall–Kier alpha value is -1.63. The van der Waals surface area contributed by atoms with Gasteiger partial charge in [0.05, 0.1) is 5.69 Å². The fraction of sp³-hybridized carbons (Fsp3) is 0.353. The molecule has 92 valence electrons. The van der Waals surface area contributed by atoms with E-state index in [0.717, 1.165) is 6.42 Å². The Bertz CT molecular complexity index is 618. The van der Waals surface area contributed by atoms with Crippen molar-refractivity contribution in [3.63, 3.8) is 0 Å². The molecule has 0 amide bonds. The molecule has 0 spiro atoms. The third kappa shape index (κ3) is 1.58. The smallest absolute Gasteiger partial charge is 0.0743 e. The van der Waals surface area contributed by atoms with Crippen molar-refractivity contribution in [1.82, 2.24) is 4.98 Å². The Morgan fingerprint density at radius 2 is 1.83 bits per heavy atom. The number of benzene rings is 1. The van der Waals surface area contributed by atoms with Crippen LogP contribution in [0.1, 0.15) is 43.0 Å². The summed E-state index contributed by atoms with van der Waals surface area (Å²) in [7, 11) is 0. The molecule has 1 heterocycles. The lowest BCUT2D eigenvalue weighted by Gasteiger charge is -2.25. The minimum absolute atomic E-state index is 0.161. The van der Waals surface area contributed by atoms with Crippen LogP contribution < -0.4 is 0 Å². The SMILES string of the molecule is Cc1ccc2c(c1C(C)(C)C)-c1ncccc1C2. The second-order valence-corrected chi connectivity index (χ2v) is 6.23. The summed E-state index contributed by atoms with van der Waals surface area (Å²) in [6, 6.07) is 8.76. The Kier molecular flexibility index (Phi) is 2.34. The molecule has 0 fully saturated rings. The highest BCUT2D eigenvalue weighted by Crippen LogP contribution is 2.43. The Balaban J connectivity index is 2.36. The molecule has 0 atom stereocenters. The van der Waals surface area contributed by atoms with Gasteiger partial charge in [0.25, 0.3) is 0 Å². The van der Waals surface area contributed by atoms with E-state index in [2.05, 4.69) is 50.9 Å². The molecule has 1 aromatic heterocycles. The van der Waals surface area contributed by atoms with Crippen LogP contribution in [0.3, 0.4) is 0 Å². The summed E-state index contributed by atoms with van der Waals surface area (Å²) in [6.45, 7) is 9.07. The molecule has 1 aliphatic rings. The van der Waals surface area contributed by atoms with Crippen LogP contribution in [-0.4, -0.2) is 4.98 Å². The zero-order chi connectivity index (χ0) is 12.9. The number of fused-ring (bicyclic) bond motifs is 3. The number of pyridine rings is 1. The lowest BCUT2D eigenvalue weighted by molar-refractivity contribution is 0.587. The van der Waals surface area contributed by atoms with Crippen LogP contribution in [0, 0.1) is 6.92 Å². The fourth-order valence-corrected chi connectivity index (χ4v) is 3.15. The van der Waals surface area contributed by atoms with E-state index in [0.29, 0.717) is 0 Å². The van der Waals surface area contributed by atoms with Crippen molar-refractivity contribution in [3.8, 4) is 11.3 Å². The van der Waals surface area contributed by atoms with Crippen LogP contribution in [0.25, 0.3) is 11.3 Å². The van der Waals surface area contributed by atoms with Gasteiger partial charge in [-0.1, -0.05) is 39.0 Å². The predicted octanol–water partition coefficient (Wildman–Crippen LogP) is 4.26. The zero-order valence-corrected chi connectivity index (χ0v) is 11.5. The van der Waals surface area contributed by atoms with Gasteiger partial charge in [-0.2, -0.15) is 0 Å². The van der Waals surface area contributed by atoms with E-state index in [1.807, 2.05) is 12.3 Å². The first kappa shape index (κ1) is 11.5. The first-order chi connectivity index (χ1) is 8.48. The molecule has 0 radical (unpaired) electrons. The maximum absolute atomic E-state index is 4.62. The van der Waals surface area contributed by atoms with Gasteiger partial charge < -0.3 is 0 Å². The maximum Gasteiger partial charge on any atom is 0.0743 e. The lowest BCUT2D eigenvalue weighted by Crippen LogP contribution is -2.15. The van der Waals surface area contributed by atoms with Crippen molar-refractivity contribution in [2.75, 3.05) is 0 Å². The van der Waals surface area contributed by atoms with Gasteiger partial charge in [0.2, 0.25) is 0 Å². The first-order valence-corrected chi connectivity index (χ1v) is 6.55. The van der Waals surface area contributed by atoms with Crippen molar-refractivity contribution in [2.45, 2.75) is 39.5 Å². The number of rotatable bonds is 0. The molecule has 0 saturated heterocycles. The highest BCUT2D eigenvalue weighted by atomic mass is 14.7. The highest BCUT2D eigenvalue weighted by molar-refractivity contribution is 5.78. The van der Waals surface area contributed by atoms with Crippen LogP contribution in [0.4, 0.5) is 0 Å². The zero-order valence-electron chi connectivity index (χ0n) is 11.5. The van der Waals surface area contributed by atoms with Gasteiger partial charge in [-0.05, 0) is 40.7 Å². The van der Waals surface area contributed by atoms with Crippen LogP contribution in [0.15, 0.2) is 30.5 Å². The molecule has 3 rings (SSSR count). The molecule has 2 aromatic rings. The van der Waals surface area contributed by atoms with Crippen molar-refractivity contribution >= 4 is 0 Å². The number of aromatic nitrogens is 1. The Morgan fingerprint density at radius 1 is 1.06 bits per heavy atom. The van der Waals surface area contributed by atoms with Crippen molar-refractivity contribution in [1.29, 1.82) is 0 Å². The van der Waals surface area contributed by atoms with E-state index in [-0.39, 0.29) is 5.41 Å². The average molecular weight is 237 g/mol. The number of aryl methyl sites for hydroxylation is 1. The molecular weight excluding hydrogens is 218 g/mol. The monoisotopic (exact) mass is 237 g/mol. The van der Waals surface area contributed by atoms with Gasteiger partial charge in [-0.3, -0.25) is 4.98 Å². The number of nitrogens with zero attached hydrogens (tertiary/aromatic N) is 1. The van der Waals surface area contributed by atoms with Crippen molar-refractivity contribution in [2.24, 2.45) is 0 Å². The summed E-state index contributed by atoms with van der Waals surface area (Å²) in [6.07, 6.45) is 2.94. The van der Waals surface area contributed by atoms with Crippen molar-refractivity contribution < 1.29 is 0 Å². The van der Waals surface area contributed by atoms with E-state index in [1.54, 1.807) is 0 Å². The van der Waals surface area contributed by atoms with E-state index in [4.69, 9.17) is 0 Å². The summed E-state index contributed by atoms with van der Waals surface area (Å²) in [5.74, 6) is 0. The normalized spacial score (nSPS) is 13.3. The minimum Gasteiger partial charge on any atom is -0.256 e. The van der Waals surface area contributed by atoms with E-state index in [9.17, 15) is 0 Å². The van der Waals surface area contributed by atoms with Gasteiger partial charge in [0.1, 0.15) is 0 Å². The largest absolute Gasteiger partial charge is 0.256 e. The summed E-state index contributed by atoms with van der Waals surface area (Å²) >= 11 is 0. The Morgan fingerprint density at radius 3 is 2.56 bits per heavy atom. The standard InChI is InChI=1S/C17H19N/c1-11-7-8-12-10-13-6-5-9-18-16(13)14(12)15(11)17(2,3)4/h5-9H,10H2,1-4H3. The molecule has 18 heavy (non-hydrogen) atoms. The summed E-state index contributed by atoms with van der Waals surface area (Å²) in [5, 5.41) is 0. The summed E-state index contributed by atoms with van der Waals surface area (Å²) < 4.78 is 0. The van der Waals surface area contributed by atoms with Crippen LogP contribution in [0.5, 0.6) is 0 Å². The number of hydrogen-bond acceptors (Lipinski definition) is 1. The molecule has 0 aliphatic heterocycles. The summed E-state index contributed by atoms with van der Waals surface area (Å²) in [4.78, 5) is 4.62. The van der Waals surface area contributed by atoms with Crippen LogP contribution in [0.2, 0.25) is 0 Å². The molecule has 1 aliphatic carbocycles. The molecular formula is C17H19N. The average Bonchev–Trinajstić information content (AvgIpc) is 2.66. The number of hydrogen-bond donors (Lipinski definition) is 0.